The van der Waals surface area contributed by atoms with E-state index in [0.29, 0.717) is 25.0 Å². The van der Waals surface area contributed by atoms with Gasteiger partial charge in [0.05, 0.1) is 11.7 Å². The summed E-state index contributed by atoms with van der Waals surface area (Å²) in [6, 6.07) is 31.9. The minimum Gasteiger partial charge on any atom is -0.490 e. The van der Waals surface area contributed by atoms with Gasteiger partial charge in [-0.3, -0.25) is 0 Å². The first-order chi connectivity index (χ1) is 16.4. The molecule has 1 N–H and O–H groups in total. The third-order valence-corrected chi connectivity index (χ3v) is 6.84. The van der Waals surface area contributed by atoms with E-state index in [1.54, 1.807) is 0 Å². The molecule has 0 saturated heterocycles. The van der Waals surface area contributed by atoms with E-state index in [4.69, 9.17) is 9.47 Å². The van der Waals surface area contributed by atoms with E-state index >= 15 is 0 Å². The molecule has 0 fully saturated rings. The first-order valence-corrected chi connectivity index (χ1v) is 11.7. The van der Waals surface area contributed by atoms with Crippen LogP contribution in [0.2, 0.25) is 0 Å². The lowest BCUT2D eigenvalue weighted by atomic mass is 9.76. The Bertz CT molecular complexity index is 1300. The minimum absolute atomic E-state index is 0.243. The molecule has 3 heteroatoms. The van der Waals surface area contributed by atoms with Crippen LogP contribution in [0.4, 0.5) is 5.69 Å². The average Bonchev–Trinajstić information content (AvgIpc) is 3.37. The van der Waals surface area contributed by atoms with Crippen molar-refractivity contribution in [3.8, 4) is 11.5 Å². The Labute approximate surface area is 194 Å². The highest BCUT2D eigenvalue weighted by Crippen LogP contribution is 2.52. The van der Waals surface area contributed by atoms with Crippen molar-refractivity contribution in [2.45, 2.75) is 18.4 Å². The van der Waals surface area contributed by atoms with Crippen LogP contribution in [0.1, 0.15) is 29.5 Å². The lowest BCUT2D eigenvalue weighted by Gasteiger charge is -2.38. The number of nitrogens with one attached hydrogen (secondary N) is 1. The highest BCUT2D eigenvalue weighted by atomic mass is 16.5. The predicted octanol–water partition coefficient (Wildman–Crippen LogP) is 7.12. The van der Waals surface area contributed by atoms with E-state index < -0.39 is 0 Å². The third-order valence-electron chi connectivity index (χ3n) is 6.84. The number of hydrogen-bond acceptors (Lipinski definition) is 3. The number of fused-ring (bicyclic) bond motifs is 4. The van der Waals surface area contributed by atoms with Gasteiger partial charge in [-0.2, -0.15) is 0 Å². The van der Waals surface area contributed by atoms with Gasteiger partial charge in [-0.1, -0.05) is 78.9 Å². The molecule has 33 heavy (non-hydrogen) atoms. The molecule has 0 radical (unpaired) electrons. The Morgan fingerprint density at radius 2 is 1.58 bits per heavy atom. The Balaban J connectivity index is 1.26. The molecular formula is C30H27NO2. The molecule has 0 spiro atoms. The van der Waals surface area contributed by atoms with Gasteiger partial charge >= 0.3 is 0 Å². The number of rotatable bonds is 6. The van der Waals surface area contributed by atoms with Crippen molar-refractivity contribution in [2.75, 3.05) is 18.5 Å². The zero-order valence-electron chi connectivity index (χ0n) is 18.5. The van der Waals surface area contributed by atoms with Gasteiger partial charge < -0.3 is 14.8 Å². The van der Waals surface area contributed by atoms with Crippen LogP contribution in [0.3, 0.4) is 0 Å². The van der Waals surface area contributed by atoms with Crippen molar-refractivity contribution in [1.29, 1.82) is 0 Å². The summed E-state index contributed by atoms with van der Waals surface area (Å²) in [5.74, 6) is 2.68. The highest BCUT2D eigenvalue weighted by molar-refractivity contribution is 5.83. The van der Waals surface area contributed by atoms with Crippen LogP contribution < -0.4 is 14.8 Å². The third kappa shape index (κ3) is 3.84. The number of ether oxygens (including phenoxy) is 2. The maximum absolute atomic E-state index is 6.22. The van der Waals surface area contributed by atoms with E-state index in [9.17, 15) is 0 Å². The smallest absolute Gasteiger partial charge is 0.142 e. The van der Waals surface area contributed by atoms with Crippen LogP contribution in [-0.4, -0.2) is 13.2 Å². The second-order valence-corrected chi connectivity index (χ2v) is 8.81. The number of anilines is 1. The van der Waals surface area contributed by atoms with E-state index in [1.165, 1.54) is 21.9 Å². The molecule has 6 rings (SSSR count). The summed E-state index contributed by atoms with van der Waals surface area (Å²) >= 11 is 0. The van der Waals surface area contributed by atoms with Crippen LogP contribution >= 0.6 is 0 Å². The molecule has 0 amide bonds. The number of hydrogen-bond donors (Lipinski definition) is 1. The van der Waals surface area contributed by atoms with Crippen LogP contribution in [0.15, 0.2) is 103 Å². The molecule has 0 aromatic heterocycles. The molecule has 3 unspecified atom stereocenters. The molecule has 1 aliphatic heterocycles. The lowest BCUT2D eigenvalue weighted by Crippen LogP contribution is -2.29. The summed E-state index contributed by atoms with van der Waals surface area (Å²) in [7, 11) is 0. The van der Waals surface area contributed by atoms with E-state index in [1.807, 2.05) is 30.3 Å². The van der Waals surface area contributed by atoms with Crippen LogP contribution in [-0.2, 0) is 0 Å². The maximum Gasteiger partial charge on any atom is 0.142 e. The zero-order chi connectivity index (χ0) is 22.0. The fourth-order valence-electron chi connectivity index (χ4n) is 5.27. The van der Waals surface area contributed by atoms with Gasteiger partial charge in [-0.05, 0) is 58.5 Å². The second-order valence-electron chi connectivity index (χ2n) is 8.81. The second kappa shape index (κ2) is 8.67. The van der Waals surface area contributed by atoms with Crippen molar-refractivity contribution in [2.24, 2.45) is 5.92 Å². The minimum atomic E-state index is 0.243. The Kier molecular flexibility index (Phi) is 5.23. The number of benzene rings is 4. The summed E-state index contributed by atoms with van der Waals surface area (Å²) in [6.07, 6.45) is 5.80. The molecule has 3 nitrogen and oxygen atoms in total. The molecule has 0 bridgehead atoms. The molecule has 1 aliphatic carbocycles. The van der Waals surface area contributed by atoms with Crippen molar-refractivity contribution in [1.82, 2.24) is 0 Å². The first kappa shape index (κ1) is 19.9. The molecule has 4 aromatic carbocycles. The molecule has 164 valence electrons. The first-order valence-electron chi connectivity index (χ1n) is 11.7. The topological polar surface area (TPSA) is 30.5 Å². The fraction of sp³-hybridized carbons (Fsp3) is 0.200. The standard InChI is InChI=1S/C30H27NO2/c1-2-10-24(11-3-1)32-18-19-33-28-15-7-14-27-25-12-6-13-26(25)29(31-30(27)28)23-17-16-21-8-4-5-9-22(21)20-23/h1-12,14-17,20,25-26,29,31H,13,18-19H2. The summed E-state index contributed by atoms with van der Waals surface area (Å²) in [5, 5.41) is 6.43. The Morgan fingerprint density at radius 3 is 2.48 bits per heavy atom. The Morgan fingerprint density at radius 1 is 0.758 bits per heavy atom. The van der Waals surface area contributed by atoms with Crippen LogP contribution in [0, 0.1) is 5.92 Å². The normalized spacial score (nSPS) is 20.7. The predicted molar refractivity (Wildman–Crippen MR) is 134 cm³/mol. The molecule has 3 atom stereocenters. The molecule has 2 aliphatic rings. The summed E-state index contributed by atoms with van der Waals surface area (Å²) in [5.41, 5.74) is 3.77. The van der Waals surface area contributed by atoms with E-state index in [0.717, 1.165) is 23.6 Å². The van der Waals surface area contributed by atoms with E-state index in [2.05, 4.69) is 78.1 Å². The molecule has 0 saturated carbocycles. The molecule has 4 aromatic rings. The summed E-state index contributed by atoms with van der Waals surface area (Å²) < 4.78 is 12.0. The summed E-state index contributed by atoms with van der Waals surface area (Å²) in [6.45, 7) is 1.01. The number of para-hydroxylation sites is 2. The average molecular weight is 434 g/mol. The van der Waals surface area contributed by atoms with E-state index in [-0.39, 0.29) is 6.04 Å². The fourth-order valence-corrected chi connectivity index (χ4v) is 5.27. The summed E-state index contributed by atoms with van der Waals surface area (Å²) in [4.78, 5) is 0. The van der Waals surface area contributed by atoms with Gasteiger partial charge in [0.25, 0.3) is 0 Å². The van der Waals surface area contributed by atoms with Crippen molar-refractivity contribution in [3.63, 3.8) is 0 Å². The zero-order valence-corrected chi connectivity index (χ0v) is 18.5. The van der Waals surface area contributed by atoms with Crippen molar-refractivity contribution < 1.29 is 9.47 Å². The van der Waals surface area contributed by atoms with Crippen LogP contribution in [0.25, 0.3) is 10.8 Å². The largest absolute Gasteiger partial charge is 0.490 e. The van der Waals surface area contributed by atoms with Gasteiger partial charge in [-0.15, -0.1) is 0 Å². The van der Waals surface area contributed by atoms with Crippen molar-refractivity contribution in [3.05, 3.63) is 114 Å². The van der Waals surface area contributed by atoms with Gasteiger partial charge in [0.2, 0.25) is 0 Å². The number of allylic oxidation sites excluding steroid dienone is 2. The Hall–Kier alpha value is -3.72. The quantitative estimate of drug-likeness (QED) is 0.259. The molecule has 1 heterocycles. The monoisotopic (exact) mass is 433 g/mol. The van der Waals surface area contributed by atoms with Gasteiger partial charge in [0.15, 0.2) is 0 Å². The lowest BCUT2D eigenvalue weighted by molar-refractivity contribution is 0.217. The maximum atomic E-state index is 6.22. The van der Waals surface area contributed by atoms with Crippen molar-refractivity contribution >= 4 is 16.5 Å². The SMILES string of the molecule is C1=CC2c3cccc(OCCOc4ccccc4)c3NC(c3ccc4ccccc4c3)C2C1. The van der Waals surface area contributed by atoms with Gasteiger partial charge in [0, 0.05) is 5.92 Å². The van der Waals surface area contributed by atoms with Crippen LogP contribution in [0.5, 0.6) is 11.5 Å². The van der Waals surface area contributed by atoms with Gasteiger partial charge in [0.1, 0.15) is 24.7 Å². The molecular weight excluding hydrogens is 406 g/mol. The highest BCUT2D eigenvalue weighted by Gasteiger charge is 2.39. The van der Waals surface area contributed by atoms with Gasteiger partial charge in [-0.25, -0.2) is 0 Å².